The van der Waals surface area contributed by atoms with Crippen molar-refractivity contribution in [2.75, 3.05) is 16.4 Å². The van der Waals surface area contributed by atoms with E-state index >= 15 is 0 Å². The van der Waals surface area contributed by atoms with E-state index in [4.69, 9.17) is 0 Å². The third-order valence-electron chi connectivity index (χ3n) is 4.57. The number of nitro benzene ring substituents is 1. The van der Waals surface area contributed by atoms with Crippen LogP contribution in [-0.2, 0) is 4.79 Å². The highest BCUT2D eigenvalue weighted by atomic mass is 32.2. The number of benzene rings is 3. The summed E-state index contributed by atoms with van der Waals surface area (Å²) in [6, 6.07) is 18.9. The van der Waals surface area contributed by atoms with E-state index in [0.717, 1.165) is 10.5 Å². The summed E-state index contributed by atoms with van der Waals surface area (Å²) in [6.07, 6.45) is 0. The summed E-state index contributed by atoms with van der Waals surface area (Å²) < 4.78 is 0. The predicted molar refractivity (Wildman–Crippen MR) is 123 cm³/mol. The summed E-state index contributed by atoms with van der Waals surface area (Å²) in [5.74, 6) is -0.194. The zero-order valence-electron chi connectivity index (χ0n) is 17.0. The molecule has 3 aromatic rings. The molecule has 0 aromatic heterocycles. The van der Waals surface area contributed by atoms with Crippen molar-refractivity contribution in [2.24, 2.45) is 0 Å². The molecule has 0 atom stereocenters. The summed E-state index contributed by atoms with van der Waals surface area (Å²) in [6.45, 7) is 3.59. The molecule has 3 rings (SSSR count). The highest BCUT2D eigenvalue weighted by Gasteiger charge is 2.11. The Hall–Kier alpha value is -3.65. The van der Waals surface area contributed by atoms with Crippen LogP contribution in [-0.4, -0.2) is 22.5 Å². The van der Waals surface area contributed by atoms with Crippen molar-refractivity contribution in [3.63, 3.8) is 0 Å². The highest BCUT2D eigenvalue weighted by Crippen LogP contribution is 2.24. The van der Waals surface area contributed by atoms with Crippen LogP contribution in [0.4, 0.5) is 17.1 Å². The third-order valence-corrected chi connectivity index (χ3v) is 5.58. The number of rotatable bonds is 7. The van der Waals surface area contributed by atoms with E-state index < -0.39 is 4.92 Å². The van der Waals surface area contributed by atoms with Gasteiger partial charge in [0.05, 0.1) is 10.7 Å². The molecule has 31 heavy (non-hydrogen) atoms. The van der Waals surface area contributed by atoms with Crippen LogP contribution in [0.3, 0.4) is 0 Å². The van der Waals surface area contributed by atoms with E-state index in [9.17, 15) is 19.7 Å². The van der Waals surface area contributed by atoms with Crippen molar-refractivity contribution in [1.82, 2.24) is 0 Å². The van der Waals surface area contributed by atoms with E-state index in [-0.39, 0.29) is 23.3 Å². The predicted octanol–water partition coefficient (Wildman–Crippen LogP) is 5.19. The first-order valence-corrected chi connectivity index (χ1v) is 10.5. The maximum atomic E-state index is 12.4. The number of carbonyl (C=O) groups is 2. The quantitative estimate of drug-likeness (QED) is 0.302. The number of nitrogens with one attached hydrogen (secondary N) is 2. The van der Waals surface area contributed by atoms with Crippen molar-refractivity contribution in [3.8, 4) is 0 Å². The van der Waals surface area contributed by atoms with Gasteiger partial charge in [-0.3, -0.25) is 19.7 Å². The maximum absolute atomic E-state index is 12.4. The Kier molecular flexibility index (Phi) is 7.04. The van der Waals surface area contributed by atoms with Crippen LogP contribution in [0.15, 0.2) is 71.6 Å². The number of hydrogen-bond acceptors (Lipinski definition) is 5. The number of non-ortho nitro benzene ring substituents is 1. The Balaban J connectivity index is 1.53. The maximum Gasteiger partial charge on any atom is 0.269 e. The largest absolute Gasteiger partial charge is 0.325 e. The molecule has 0 aliphatic heterocycles. The zero-order chi connectivity index (χ0) is 22.4. The number of aryl methyl sites for hydroxylation is 2. The SMILES string of the molecule is Cc1cc([N+](=O)[O-])ccc1NC(=O)CSc1ccc(NC(=O)c2ccccc2C)cc1. The molecular formula is C23H21N3O4S. The number of nitro groups is 1. The number of nitrogens with zero attached hydrogens (tertiary/aromatic N) is 1. The van der Waals surface area contributed by atoms with Crippen molar-refractivity contribution in [2.45, 2.75) is 18.7 Å². The first kappa shape index (κ1) is 22.0. The van der Waals surface area contributed by atoms with Crippen LogP contribution >= 0.6 is 11.8 Å². The molecule has 0 saturated heterocycles. The molecule has 158 valence electrons. The van der Waals surface area contributed by atoms with Gasteiger partial charge in [0.25, 0.3) is 11.6 Å². The molecule has 0 radical (unpaired) electrons. The Morgan fingerprint density at radius 1 is 0.935 bits per heavy atom. The summed E-state index contributed by atoms with van der Waals surface area (Å²) >= 11 is 1.36. The van der Waals surface area contributed by atoms with E-state index in [2.05, 4.69) is 10.6 Å². The lowest BCUT2D eigenvalue weighted by Crippen LogP contribution is -2.15. The zero-order valence-corrected chi connectivity index (χ0v) is 17.9. The van der Waals surface area contributed by atoms with Crippen LogP contribution in [0.1, 0.15) is 21.5 Å². The molecule has 0 bridgehead atoms. The lowest BCUT2D eigenvalue weighted by Gasteiger charge is -2.09. The normalized spacial score (nSPS) is 10.4. The van der Waals surface area contributed by atoms with Crippen molar-refractivity contribution >= 4 is 40.6 Å². The summed E-state index contributed by atoms with van der Waals surface area (Å²) in [5, 5.41) is 16.4. The van der Waals surface area contributed by atoms with Crippen molar-refractivity contribution in [1.29, 1.82) is 0 Å². The molecule has 2 N–H and O–H groups in total. The first-order valence-electron chi connectivity index (χ1n) is 9.48. The van der Waals surface area contributed by atoms with Gasteiger partial charge in [0.1, 0.15) is 0 Å². The van der Waals surface area contributed by atoms with E-state index in [1.807, 2.05) is 37.3 Å². The fourth-order valence-electron chi connectivity index (χ4n) is 2.90. The smallest absolute Gasteiger partial charge is 0.269 e. The number of carbonyl (C=O) groups excluding carboxylic acids is 2. The van der Waals surface area contributed by atoms with Gasteiger partial charge in [0.15, 0.2) is 0 Å². The Morgan fingerprint density at radius 3 is 2.29 bits per heavy atom. The van der Waals surface area contributed by atoms with Gasteiger partial charge in [-0.2, -0.15) is 0 Å². The molecule has 7 nitrogen and oxygen atoms in total. The van der Waals surface area contributed by atoms with Gasteiger partial charge in [-0.05, 0) is 61.4 Å². The summed E-state index contributed by atoms with van der Waals surface area (Å²) in [4.78, 5) is 35.8. The lowest BCUT2D eigenvalue weighted by atomic mass is 10.1. The molecule has 0 saturated carbocycles. The summed E-state index contributed by atoms with van der Waals surface area (Å²) in [5.41, 5.74) is 3.36. The van der Waals surface area contributed by atoms with Crippen LogP contribution in [0, 0.1) is 24.0 Å². The molecule has 0 unspecified atom stereocenters. The summed E-state index contributed by atoms with van der Waals surface area (Å²) in [7, 11) is 0. The topological polar surface area (TPSA) is 101 Å². The minimum Gasteiger partial charge on any atom is -0.325 e. The fourth-order valence-corrected chi connectivity index (χ4v) is 3.60. The fraction of sp³-hybridized carbons (Fsp3) is 0.130. The number of hydrogen-bond donors (Lipinski definition) is 2. The molecule has 0 spiro atoms. The van der Waals surface area contributed by atoms with E-state index in [1.165, 1.54) is 30.0 Å². The first-order chi connectivity index (χ1) is 14.8. The van der Waals surface area contributed by atoms with Gasteiger partial charge in [-0.25, -0.2) is 0 Å². The van der Waals surface area contributed by atoms with Gasteiger partial charge in [0.2, 0.25) is 5.91 Å². The minimum atomic E-state index is -0.471. The monoisotopic (exact) mass is 435 g/mol. The average Bonchev–Trinajstić information content (AvgIpc) is 2.75. The molecule has 0 heterocycles. The van der Waals surface area contributed by atoms with Crippen LogP contribution in [0.25, 0.3) is 0 Å². The number of amides is 2. The molecular weight excluding hydrogens is 414 g/mol. The van der Waals surface area contributed by atoms with Gasteiger partial charge >= 0.3 is 0 Å². The minimum absolute atomic E-state index is 0.0144. The van der Waals surface area contributed by atoms with Crippen LogP contribution < -0.4 is 10.6 Å². The number of anilines is 2. The van der Waals surface area contributed by atoms with E-state index in [0.29, 0.717) is 22.5 Å². The van der Waals surface area contributed by atoms with Gasteiger partial charge in [-0.15, -0.1) is 11.8 Å². The van der Waals surface area contributed by atoms with Gasteiger partial charge in [-0.1, -0.05) is 18.2 Å². The van der Waals surface area contributed by atoms with Crippen molar-refractivity contribution < 1.29 is 14.5 Å². The third kappa shape index (κ3) is 5.93. The second-order valence-corrected chi connectivity index (χ2v) is 7.94. The average molecular weight is 436 g/mol. The Morgan fingerprint density at radius 2 is 1.65 bits per heavy atom. The second-order valence-electron chi connectivity index (χ2n) is 6.89. The van der Waals surface area contributed by atoms with E-state index in [1.54, 1.807) is 25.1 Å². The van der Waals surface area contributed by atoms with Crippen molar-refractivity contribution in [3.05, 3.63) is 93.5 Å². The standard InChI is InChI=1S/C23H21N3O4S/c1-15-5-3-4-6-20(15)23(28)24-17-7-10-19(11-8-17)31-14-22(27)25-21-12-9-18(26(29)30)13-16(21)2/h3-13H,14H2,1-2H3,(H,24,28)(H,25,27). The second kappa shape index (κ2) is 9.90. The molecule has 2 amide bonds. The number of thioether (sulfide) groups is 1. The Labute approximate surface area is 184 Å². The molecule has 3 aromatic carbocycles. The Bertz CT molecular complexity index is 1130. The van der Waals surface area contributed by atoms with Crippen LogP contribution in [0.2, 0.25) is 0 Å². The molecule has 0 aliphatic carbocycles. The molecule has 8 heteroatoms. The highest BCUT2D eigenvalue weighted by molar-refractivity contribution is 8.00. The van der Waals surface area contributed by atoms with Crippen LogP contribution in [0.5, 0.6) is 0 Å². The molecule has 0 aliphatic rings. The lowest BCUT2D eigenvalue weighted by molar-refractivity contribution is -0.384. The molecule has 0 fully saturated rings. The van der Waals surface area contributed by atoms with Gasteiger partial charge < -0.3 is 10.6 Å². The van der Waals surface area contributed by atoms with Gasteiger partial charge in [0, 0.05) is 34.0 Å².